The predicted molar refractivity (Wildman–Crippen MR) is 79.1 cm³/mol. The van der Waals surface area contributed by atoms with E-state index in [-0.39, 0.29) is 23.8 Å². The molecule has 1 saturated heterocycles. The van der Waals surface area contributed by atoms with Crippen molar-refractivity contribution in [2.75, 3.05) is 6.54 Å². The molecule has 20 heavy (non-hydrogen) atoms. The summed E-state index contributed by atoms with van der Waals surface area (Å²) in [5, 5.41) is 2.93. The highest BCUT2D eigenvalue weighted by Crippen LogP contribution is 2.36. The first kappa shape index (κ1) is 15.3. The molecule has 2 fully saturated rings. The summed E-state index contributed by atoms with van der Waals surface area (Å²) in [5.74, 6) is 1.16. The smallest absolute Gasteiger partial charge is 0.245 e. The monoisotopic (exact) mass is 280 g/mol. The SMILES string of the molecule is CCC(C)C1NC(=O)CCN(C(CC)CC2CC2)C1=O. The van der Waals surface area contributed by atoms with Crippen molar-refractivity contribution in [3.05, 3.63) is 0 Å². The number of nitrogens with zero attached hydrogens (tertiary/aromatic N) is 1. The lowest BCUT2D eigenvalue weighted by Crippen LogP contribution is -2.51. The molecule has 0 aromatic heterocycles. The summed E-state index contributed by atoms with van der Waals surface area (Å²) in [7, 11) is 0. The van der Waals surface area contributed by atoms with Crippen LogP contribution < -0.4 is 5.32 Å². The molecule has 4 heteroatoms. The van der Waals surface area contributed by atoms with Crippen molar-refractivity contribution in [3.63, 3.8) is 0 Å². The van der Waals surface area contributed by atoms with E-state index in [4.69, 9.17) is 0 Å². The third-order valence-electron chi connectivity index (χ3n) is 4.87. The zero-order valence-corrected chi connectivity index (χ0v) is 13.0. The predicted octanol–water partition coefficient (Wildman–Crippen LogP) is 2.33. The van der Waals surface area contributed by atoms with Crippen LogP contribution in [0.15, 0.2) is 0 Å². The Morgan fingerprint density at radius 3 is 2.50 bits per heavy atom. The standard InChI is InChI=1S/C16H28N2O2/c1-4-11(3)15-16(20)18(9-8-14(19)17-15)13(5-2)10-12-6-7-12/h11-13,15H,4-10H2,1-3H3,(H,17,19). The van der Waals surface area contributed by atoms with Gasteiger partial charge >= 0.3 is 0 Å². The molecule has 2 rings (SSSR count). The molecule has 0 radical (unpaired) electrons. The Bertz CT molecular complexity index is 365. The summed E-state index contributed by atoms with van der Waals surface area (Å²) in [6.07, 6.45) is 6.08. The fourth-order valence-corrected chi connectivity index (χ4v) is 3.05. The molecule has 1 N–H and O–H groups in total. The van der Waals surface area contributed by atoms with Crippen LogP contribution >= 0.6 is 0 Å². The summed E-state index contributed by atoms with van der Waals surface area (Å²) < 4.78 is 0. The number of rotatable bonds is 6. The van der Waals surface area contributed by atoms with Gasteiger partial charge in [-0.15, -0.1) is 0 Å². The second-order valence-corrected chi connectivity index (χ2v) is 6.45. The molecule has 2 aliphatic rings. The van der Waals surface area contributed by atoms with Crippen molar-refractivity contribution in [1.82, 2.24) is 10.2 Å². The highest BCUT2D eigenvalue weighted by Gasteiger charge is 2.37. The highest BCUT2D eigenvalue weighted by atomic mass is 16.2. The molecule has 1 aliphatic carbocycles. The molecular formula is C16H28N2O2. The van der Waals surface area contributed by atoms with E-state index >= 15 is 0 Å². The van der Waals surface area contributed by atoms with E-state index < -0.39 is 0 Å². The van der Waals surface area contributed by atoms with Gasteiger partial charge in [-0.05, 0) is 24.7 Å². The lowest BCUT2D eigenvalue weighted by atomic mass is 9.96. The van der Waals surface area contributed by atoms with Gasteiger partial charge in [0, 0.05) is 19.0 Å². The second kappa shape index (κ2) is 6.59. The highest BCUT2D eigenvalue weighted by molar-refractivity contribution is 5.90. The Morgan fingerprint density at radius 1 is 1.25 bits per heavy atom. The van der Waals surface area contributed by atoms with Gasteiger partial charge in [0.15, 0.2) is 0 Å². The van der Waals surface area contributed by atoms with Crippen LogP contribution in [0.3, 0.4) is 0 Å². The number of hydrogen-bond donors (Lipinski definition) is 1. The van der Waals surface area contributed by atoms with E-state index in [1.165, 1.54) is 12.8 Å². The van der Waals surface area contributed by atoms with Crippen molar-refractivity contribution < 1.29 is 9.59 Å². The molecule has 2 amide bonds. The third-order valence-corrected chi connectivity index (χ3v) is 4.87. The first-order valence-electron chi connectivity index (χ1n) is 8.16. The van der Waals surface area contributed by atoms with Crippen molar-refractivity contribution >= 4 is 11.8 Å². The van der Waals surface area contributed by atoms with E-state index in [1.54, 1.807) is 0 Å². The van der Waals surface area contributed by atoms with E-state index in [0.717, 1.165) is 25.2 Å². The Balaban J connectivity index is 2.12. The molecule has 114 valence electrons. The Labute approximate surface area is 122 Å². The average Bonchev–Trinajstić information content (AvgIpc) is 3.26. The number of nitrogens with one attached hydrogen (secondary N) is 1. The molecule has 4 nitrogen and oxygen atoms in total. The summed E-state index contributed by atoms with van der Waals surface area (Å²) >= 11 is 0. The fraction of sp³-hybridized carbons (Fsp3) is 0.875. The maximum absolute atomic E-state index is 12.8. The topological polar surface area (TPSA) is 49.4 Å². The van der Waals surface area contributed by atoms with Crippen LogP contribution in [0, 0.1) is 11.8 Å². The maximum Gasteiger partial charge on any atom is 0.245 e. The van der Waals surface area contributed by atoms with Gasteiger partial charge in [0.25, 0.3) is 0 Å². The first-order valence-corrected chi connectivity index (χ1v) is 8.16. The zero-order chi connectivity index (χ0) is 14.7. The molecule has 0 aromatic carbocycles. The van der Waals surface area contributed by atoms with Crippen LogP contribution in [0.1, 0.15) is 59.3 Å². The number of hydrogen-bond acceptors (Lipinski definition) is 2. The fourth-order valence-electron chi connectivity index (χ4n) is 3.05. The number of carbonyl (C=O) groups is 2. The molecule has 3 unspecified atom stereocenters. The van der Waals surface area contributed by atoms with Crippen LogP contribution in [0.5, 0.6) is 0 Å². The molecule has 1 heterocycles. The van der Waals surface area contributed by atoms with Gasteiger partial charge in [0.2, 0.25) is 11.8 Å². The number of carbonyl (C=O) groups excluding carboxylic acids is 2. The van der Waals surface area contributed by atoms with Crippen LogP contribution in [0.4, 0.5) is 0 Å². The van der Waals surface area contributed by atoms with E-state index in [9.17, 15) is 9.59 Å². The van der Waals surface area contributed by atoms with E-state index in [0.29, 0.717) is 19.0 Å². The normalized spacial score (nSPS) is 26.9. The summed E-state index contributed by atoms with van der Waals surface area (Å²) in [6.45, 7) is 6.86. The molecule has 3 atom stereocenters. The van der Waals surface area contributed by atoms with Crippen molar-refractivity contribution in [1.29, 1.82) is 0 Å². The zero-order valence-electron chi connectivity index (χ0n) is 13.0. The quantitative estimate of drug-likeness (QED) is 0.812. The van der Waals surface area contributed by atoms with Gasteiger partial charge in [-0.2, -0.15) is 0 Å². The van der Waals surface area contributed by atoms with Crippen molar-refractivity contribution in [2.24, 2.45) is 11.8 Å². The van der Waals surface area contributed by atoms with Gasteiger partial charge in [-0.3, -0.25) is 9.59 Å². The van der Waals surface area contributed by atoms with Crippen LogP contribution in [0.2, 0.25) is 0 Å². The third kappa shape index (κ3) is 3.53. The van der Waals surface area contributed by atoms with Gasteiger partial charge in [-0.25, -0.2) is 0 Å². The maximum atomic E-state index is 12.8. The van der Waals surface area contributed by atoms with E-state index in [2.05, 4.69) is 19.2 Å². The molecule has 1 aliphatic heterocycles. The van der Waals surface area contributed by atoms with Crippen molar-refractivity contribution in [3.8, 4) is 0 Å². The van der Waals surface area contributed by atoms with Crippen molar-refractivity contribution in [2.45, 2.75) is 71.4 Å². The summed E-state index contributed by atoms with van der Waals surface area (Å²) in [4.78, 5) is 26.7. The summed E-state index contributed by atoms with van der Waals surface area (Å²) in [6, 6.07) is -0.0162. The number of amides is 2. The van der Waals surface area contributed by atoms with Gasteiger partial charge in [0.1, 0.15) is 6.04 Å². The second-order valence-electron chi connectivity index (χ2n) is 6.45. The Kier molecular flexibility index (Phi) is 5.06. The van der Waals surface area contributed by atoms with Crippen LogP contribution in [-0.4, -0.2) is 35.3 Å². The minimum absolute atomic E-state index is 0.0208. The largest absolute Gasteiger partial charge is 0.344 e. The molecule has 0 aromatic rings. The van der Waals surface area contributed by atoms with E-state index in [1.807, 2.05) is 11.8 Å². The lowest BCUT2D eigenvalue weighted by molar-refractivity contribution is -0.137. The van der Waals surface area contributed by atoms with Crippen LogP contribution in [0.25, 0.3) is 0 Å². The lowest BCUT2D eigenvalue weighted by Gasteiger charge is -2.33. The molecule has 0 bridgehead atoms. The Hall–Kier alpha value is -1.06. The molecular weight excluding hydrogens is 252 g/mol. The van der Waals surface area contributed by atoms with Crippen LogP contribution in [-0.2, 0) is 9.59 Å². The molecule has 0 spiro atoms. The minimum atomic E-state index is -0.330. The van der Waals surface area contributed by atoms with Gasteiger partial charge in [0.05, 0.1) is 0 Å². The summed E-state index contributed by atoms with van der Waals surface area (Å²) in [5.41, 5.74) is 0. The molecule has 1 saturated carbocycles. The minimum Gasteiger partial charge on any atom is -0.344 e. The first-order chi connectivity index (χ1) is 9.56. The Morgan fingerprint density at radius 2 is 1.95 bits per heavy atom. The van der Waals surface area contributed by atoms with Gasteiger partial charge < -0.3 is 10.2 Å². The van der Waals surface area contributed by atoms with Gasteiger partial charge in [-0.1, -0.05) is 40.0 Å². The average molecular weight is 280 g/mol.